The summed E-state index contributed by atoms with van der Waals surface area (Å²) < 4.78 is 2.34. The van der Waals surface area contributed by atoms with Crippen molar-refractivity contribution in [1.82, 2.24) is 0 Å². The van der Waals surface area contributed by atoms with Crippen LogP contribution in [0.3, 0.4) is 0 Å². The third-order valence-electron chi connectivity index (χ3n) is 3.32. The van der Waals surface area contributed by atoms with E-state index < -0.39 is 0 Å². The van der Waals surface area contributed by atoms with Crippen LogP contribution in [0.25, 0.3) is 11.3 Å². The highest BCUT2D eigenvalue weighted by molar-refractivity contribution is 5.65. The molecule has 1 aliphatic rings. The zero-order valence-electron chi connectivity index (χ0n) is 13.1. The Labute approximate surface area is 117 Å². The Kier molecular flexibility index (Phi) is 5.29. The first-order valence-corrected chi connectivity index (χ1v) is 7.32. The van der Waals surface area contributed by atoms with Crippen LogP contribution in [0.1, 0.15) is 47.1 Å². The van der Waals surface area contributed by atoms with Gasteiger partial charge in [0.05, 0.1) is 5.56 Å². The number of fused-ring (bicyclic) bond motifs is 3. The second-order valence-electron chi connectivity index (χ2n) is 4.56. The lowest BCUT2D eigenvalue weighted by Gasteiger charge is -2.14. The average Bonchev–Trinajstić information content (AvgIpc) is 2.73. The highest BCUT2D eigenvalue weighted by atomic mass is 15.1. The molecule has 0 N–H and O–H groups in total. The fourth-order valence-electron chi connectivity index (χ4n) is 2.52. The molecule has 0 fully saturated rings. The molecule has 0 unspecified atom stereocenters. The normalized spacial score (nSPS) is 13.2. The number of benzene rings is 1. The highest BCUT2D eigenvalue weighted by Crippen LogP contribution is 2.36. The number of nitrogens with zero attached hydrogens (tertiary/aromatic N) is 1. The number of hydrogen-bond donors (Lipinski definition) is 0. The Morgan fingerprint density at radius 1 is 0.789 bits per heavy atom. The van der Waals surface area contributed by atoms with Crippen molar-refractivity contribution in [2.75, 3.05) is 0 Å². The summed E-state index contributed by atoms with van der Waals surface area (Å²) in [4.78, 5) is 0. The summed E-state index contributed by atoms with van der Waals surface area (Å²) in [5, 5.41) is 0. The lowest BCUT2D eigenvalue weighted by atomic mass is 9.93. The first-order valence-electron chi connectivity index (χ1n) is 7.32. The molecule has 2 heterocycles. The average molecular weight is 256 g/mol. The van der Waals surface area contributed by atoms with Crippen LogP contribution in [0, 0.1) is 0 Å². The van der Waals surface area contributed by atoms with E-state index in [9.17, 15) is 0 Å². The summed E-state index contributed by atoms with van der Waals surface area (Å²) in [6.07, 6.45) is 2.16. The second-order valence-corrected chi connectivity index (χ2v) is 4.56. The maximum atomic E-state index is 2.34. The van der Waals surface area contributed by atoms with E-state index in [-0.39, 0.29) is 5.54 Å². The number of aromatic nitrogens is 1. The maximum absolute atomic E-state index is 2.34. The number of pyridine rings is 1. The number of hydrogen-bond acceptors (Lipinski definition) is 0. The molecule has 1 aliphatic heterocycles. The molecule has 3 rings (SSSR count). The van der Waals surface area contributed by atoms with Gasteiger partial charge in [0.15, 0.2) is 11.7 Å². The first kappa shape index (κ1) is 15.4. The molecule has 0 spiro atoms. The van der Waals surface area contributed by atoms with Crippen LogP contribution in [-0.2, 0) is 5.54 Å². The molecule has 0 bridgehead atoms. The molecule has 1 aromatic carbocycles. The van der Waals surface area contributed by atoms with Gasteiger partial charge in [-0.05, 0) is 12.1 Å². The lowest BCUT2D eigenvalue weighted by Crippen LogP contribution is -2.50. The van der Waals surface area contributed by atoms with Crippen molar-refractivity contribution in [3.63, 3.8) is 0 Å². The topological polar surface area (TPSA) is 3.88 Å². The molecule has 19 heavy (non-hydrogen) atoms. The van der Waals surface area contributed by atoms with E-state index in [0.29, 0.717) is 0 Å². The van der Waals surface area contributed by atoms with Gasteiger partial charge in [0, 0.05) is 31.5 Å². The van der Waals surface area contributed by atoms with Crippen molar-refractivity contribution in [1.29, 1.82) is 0 Å². The van der Waals surface area contributed by atoms with E-state index >= 15 is 0 Å². The predicted octanol–water partition coefficient (Wildman–Crippen LogP) is 4.79. The summed E-state index contributed by atoms with van der Waals surface area (Å²) in [6.45, 7) is 12.5. The fraction of sp³-hybridized carbons (Fsp3) is 0.389. The molecule has 1 nitrogen and oxygen atoms in total. The van der Waals surface area contributed by atoms with Gasteiger partial charge in [-0.3, -0.25) is 0 Å². The van der Waals surface area contributed by atoms with Gasteiger partial charge in [0.25, 0.3) is 0 Å². The van der Waals surface area contributed by atoms with Crippen LogP contribution >= 0.6 is 0 Å². The second kappa shape index (κ2) is 6.51. The van der Waals surface area contributed by atoms with Crippen molar-refractivity contribution in [3.05, 3.63) is 54.2 Å². The van der Waals surface area contributed by atoms with Gasteiger partial charge in [-0.1, -0.05) is 45.9 Å². The Bertz CT molecular complexity index is 479. The molecule has 0 radical (unpaired) electrons. The van der Waals surface area contributed by atoms with Gasteiger partial charge < -0.3 is 0 Å². The van der Waals surface area contributed by atoms with Gasteiger partial charge in [0.1, 0.15) is 0 Å². The Morgan fingerprint density at radius 3 is 2.05 bits per heavy atom. The third kappa shape index (κ3) is 2.56. The first-order chi connectivity index (χ1) is 9.21. The van der Waals surface area contributed by atoms with Crippen LogP contribution in [0.2, 0.25) is 0 Å². The van der Waals surface area contributed by atoms with Crippen LogP contribution < -0.4 is 4.57 Å². The van der Waals surface area contributed by atoms with E-state index in [1.165, 1.54) is 16.8 Å². The minimum Gasteiger partial charge on any atom is -0.189 e. The van der Waals surface area contributed by atoms with Crippen LogP contribution in [0.15, 0.2) is 48.7 Å². The summed E-state index contributed by atoms with van der Waals surface area (Å²) in [5.41, 5.74) is 4.17. The highest BCUT2D eigenvalue weighted by Gasteiger charge is 2.42. The molecule has 1 aromatic heterocycles. The minimum absolute atomic E-state index is 0.0766. The lowest BCUT2D eigenvalue weighted by molar-refractivity contribution is -0.731. The quantitative estimate of drug-likeness (QED) is 0.597. The molecule has 0 amide bonds. The van der Waals surface area contributed by atoms with E-state index in [1.54, 1.807) is 0 Å². The summed E-state index contributed by atoms with van der Waals surface area (Å²) in [6, 6.07) is 15.0. The molecule has 2 aromatic rings. The van der Waals surface area contributed by atoms with Crippen molar-refractivity contribution in [2.24, 2.45) is 0 Å². The van der Waals surface area contributed by atoms with Crippen LogP contribution in [-0.4, -0.2) is 0 Å². The molecule has 0 saturated carbocycles. The van der Waals surface area contributed by atoms with Crippen molar-refractivity contribution < 1.29 is 4.57 Å². The Morgan fingerprint density at radius 2 is 1.37 bits per heavy atom. The molecule has 0 atom stereocenters. The van der Waals surface area contributed by atoms with Gasteiger partial charge in [-0.25, -0.2) is 0 Å². The summed E-state index contributed by atoms with van der Waals surface area (Å²) in [5.74, 6) is 0. The Hall–Kier alpha value is -1.63. The summed E-state index contributed by atoms with van der Waals surface area (Å²) in [7, 11) is 0. The third-order valence-corrected chi connectivity index (χ3v) is 3.32. The largest absolute Gasteiger partial charge is 0.213 e. The van der Waals surface area contributed by atoms with E-state index in [0.717, 1.165) is 0 Å². The van der Waals surface area contributed by atoms with E-state index in [1.807, 2.05) is 27.7 Å². The molecule has 0 aliphatic carbocycles. The number of rotatable bonds is 0. The molecule has 0 saturated heterocycles. The van der Waals surface area contributed by atoms with Crippen molar-refractivity contribution in [2.45, 2.75) is 47.1 Å². The SMILES string of the molecule is CC.CC.CC1(C)c2ccccc2-c2cccc[n+]21. The van der Waals surface area contributed by atoms with E-state index in [2.05, 4.69) is 67.1 Å². The zero-order chi connectivity index (χ0) is 14.5. The predicted molar refractivity (Wildman–Crippen MR) is 83.2 cm³/mol. The summed E-state index contributed by atoms with van der Waals surface area (Å²) >= 11 is 0. The van der Waals surface area contributed by atoms with Gasteiger partial charge in [-0.2, -0.15) is 4.57 Å². The monoisotopic (exact) mass is 256 g/mol. The van der Waals surface area contributed by atoms with E-state index in [4.69, 9.17) is 0 Å². The standard InChI is InChI=1S/C14H14N.2C2H6/c1-14(2)12-8-4-3-7-11(12)13-9-5-6-10-15(13)14;2*1-2/h3-10H,1-2H3;2*1-2H3/q+1;;. The smallest absolute Gasteiger partial charge is 0.189 e. The van der Waals surface area contributed by atoms with Gasteiger partial charge >= 0.3 is 0 Å². The van der Waals surface area contributed by atoms with Crippen LogP contribution in [0.4, 0.5) is 0 Å². The van der Waals surface area contributed by atoms with Gasteiger partial charge in [-0.15, -0.1) is 0 Å². The molecular weight excluding hydrogens is 230 g/mol. The molecular formula is C18H26N+. The van der Waals surface area contributed by atoms with Gasteiger partial charge in [0.2, 0.25) is 5.69 Å². The van der Waals surface area contributed by atoms with Crippen LogP contribution in [0.5, 0.6) is 0 Å². The maximum Gasteiger partial charge on any atom is 0.213 e. The zero-order valence-corrected chi connectivity index (χ0v) is 13.1. The fourth-order valence-corrected chi connectivity index (χ4v) is 2.52. The van der Waals surface area contributed by atoms with Crippen molar-refractivity contribution in [3.8, 4) is 11.3 Å². The molecule has 102 valence electrons. The molecule has 1 heteroatoms. The Balaban J connectivity index is 0.000000415. The minimum atomic E-state index is 0.0766. The van der Waals surface area contributed by atoms with Crippen molar-refractivity contribution >= 4 is 0 Å².